The van der Waals surface area contributed by atoms with Crippen molar-refractivity contribution in [2.24, 2.45) is 0 Å². The van der Waals surface area contributed by atoms with E-state index >= 15 is 0 Å². The molecule has 3 rings (SSSR count). The van der Waals surface area contributed by atoms with Gasteiger partial charge < -0.3 is 10.0 Å². The Bertz CT molecular complexity index is 311. The van der Waals surface area contributed by atoms with Crippen LogP contribution in [0, 0.1) is 0 Å². The Labute approximate surface area is 103 Å². The van der Waals surface area contributed by atoms with Crippen molar-refractivity contribution < 1.29 is 9.90 Å². The predicted octanol–water partition coefficient (Wildman–Crippen LogP) is 1.16. The van der Waals surface area contributed by atoms with Crippen molar-refractivity contribution >= 4 is 5.97 Å². The Morgan fingerprint density at radius 3 is 2.18 bits per heavy atom. The molecule has 96 valence electrons. The zero-order chi connectivity index (χ0) is 12.0. The Kier molecular flexibility index (Phi) is 2.67. The van der Waals surface area contributed by atoms with Gasteiger partial charge in [-0.2, -0.15) is 0 Å². The van der Waals surface area contributed by atoms with Crippen molar-refractivity contribution in [1.82, 2.24) is 9.80 Å². The van der Waals surface area contributed by atoms with Gasteiger partial charge in [0.25, 0.3) is 0 Å². The second-order valence-electron chi connectivity index (χ2n) is 5.99. The number of carbonyl (C=O) groups is 1. The van der Waals surface area contributed by atoms with Crippen LogP contribution in [0.3, 0.4) is 0 Å². The molecule has 3 aliphatic heterocycles. The first kappa shape index (κ1) is 11.5. The third kappa shape index (κ3) is 1.61. The van der Waals surface area contributed by atoms with E-state index in [1.165, 1.54) is 25.7 Å². The van der Waals surface area contributed by atoms with E-state index in [0.29, 0.717) is 12.1 Å². The fourth-order valence-corrected chi connectivity index (χ4v) is 4.16. The van der Waals surface area contributed by atoms with Gasteiger partial charge in [-0.3, -0.25) is 9.69 Å². The molecule has 2 atom stereocenters. The van der Waals surface area contributed by atoms with Crippen LogP contribution in [0.1, 0.15) is 38.5 Å². The lowest BCUT2D eigenvalue weighted by atomic mass is 9.81. The largest absolute Gasteiger partial charge is 0.480 e. The molecule has 2 unspecified atom stereocenters. The molecule has 3 heterocycles. The monoisotopic (exact) mass is 238 g/mol. The number of hydrogen-bond acceptors (Lipinski definition) is 3. The summed E-state index contributed by atoms with van der Waals surface area (Å²) >= 11 is 0. The number of hydrogen-bond donors (Lipinski definition) is 1. The minimum Gasteiger partial charge on any atom is -0.480 e. The van der Waals surface area contributed by atoms with Crippen molar-refractivity contribution in [1.29, 1.82) is 0 Å². The van der Waals surface area contributed by atoms with Gasteiger partial charge in [-0.1, -0.05) is 0 Å². The van der Waals surface area contributed by atoms with E-state index < -0.39 is 11.5 Å². The highest BCUT2D eigenvalue weighted by Crippen LogP contribution is 2.43. The van der Waals surface area contributed by atoms with Crippen molar-refractivity contribution in [2.75, 3.05) is 20.1 Å². The van der Waals surface area contributed by atoms with Crippen LogP contribution in [0.4, 0.5) is 0 Å². The van der Waals surface area contributed by atoms with Gasteiger partial charge in [0, 0.05) is 12.1 Å². The third-order valence-electron chi connectivity index (χ3n) is 5.24. The van der Waals surface area contributed by atoms with Crippen LogP contribution in [0.2, 0.25) is 0 Å². The zero-order valence-electron chi connectivity index (χ0n) is 10.6. The van der Waals surface area contributed by atoms with Crippen LogP contribution in [-0.2, 0) is 4.79 Å². The lowest BCUT2D eigenvalue weighted by molar-refractivity contribution is -0.156. The maximum absolute atomic E-state index is 11.8. The Hall–Kier alpha value is -0.610. The number of rotatable bonds is 2. The van der Waals surface area contributed by atoms with Gasteiger partial charge in [0.2, 0.25) is 0 Å². The molecule has 17 heavy (non-hydrogen) atoms. The smallest absolute Gasteiger partial charge is 0.324 e. The molecule has 3 aliphatic rings. The number of aliphatic carboxylic acids is 1. The van der Waals surface area contributed by atoms with Crippen LogP contribution in [0.5, 0.6) is 0 Å². The van der Waals surface area contributed by atoms with Gasteiger partial charge in [-0.15, -0.1) is 0 Å². The number of carboxylic acids is 1. The number of likely N-dealkylation sites (tertiary alicyclic amines) is 1. The maximum atomic E-state index is 11.8. The average Bonchev–Trinajstić information content (AvgIpc) is 2.87. The minimum atomic E-state index is -0.579. The highest BCUT2D eigenvalue weighted by atomic mass is 16.4. The standard InChI is InChI=1S/C13H22N2O2/c1-14-10-4-5-11(14)9-13(8-10,12(16)17)15-6-2-3-7-15/h10-11H,2-9H2,1H3,(H,16,17). The highest BCUT2D eigenvalue weighted by molar-refractivity contribution is 5.79. The summed E-state index contributed by atoms with van der Waals surface area (Å²) in [6.45, 7) is 1.96. The van der Waals surface area contributed by atoms with Crippen molar-refractivity contribution in [3.05, 3.63) is 0 Å². The lowest BCUT2D eigenvalue weighted by Crippen LogP contribution is -2.61. The molecule has 0 aliphatic carbocycles. The summed E-state index contributed by atoms with van der Waals surface area (Å²) in [5.41, 5.74) is -0.547. The van der Waals surface area contributed by atoms with Gasteiger partial charge in [0.15, 0.2) is 0 Å². The molecule has 2 bridgehead atoms. The predicted molar refractivity (Wildman–Crippen MR) is 65.0 cm³/mol. The van der Waals surface area contributed by atoms with Gasteiger partial charge >= 0.3 is 5.97 Å². The van der Waals surface area contributed by atoms with E-state index in [1.807, 2.05) is 0 Å². The molecule has 0 aromatic heterocycles. The first-order valence-electron chi connectivity index (χ1n) is 6.84. The molecular formula is C13H22N2O2. The van der Waals surface area contributed by atoms with Crippen molar-refractivity contribution in [2.45, 2.75) is 56.1 Å². The van der Waals surface area contributed by atoms with E-state index in [2.05, 4.69) is 16.8 Å². The van der Waals surface area contributed by atoms with Gasteiger partial charge in [-0.25, -0.2) is 0 Å². The molecule has 0 radical (unpaired) electrons. The molecule has 3 saturated heterocycles. The van der Waals surface area contributed by atoms with Crippen molar-refractivity contribution in [3.63, 3.8) is 0 Å². The van der Waals surface area contributed by atoms with E-state index in [9.17, 15) is 9.90 Å². The maximum Gasteiger partial charge on any atom is 0.324 e. The van der Waals surface area contributed by atoms with E-state index in [-0.39, 0.29) is 0 Å². The summed E-state index contributed by atoms with van der Waals surface area (Å²) in [7, 11) is 2.16. The number of piperidine rings is 1. The Morgan fingerprint density at radius 2 is 1.71 bits per heavy atom. The number of carboxylic acid groups (broad SMARTS) is 1. The van der Waals surface area contributed by atoms with Gasteiger partial charge in [-0.05, 0) is 58.7 Å². The van der Waals surface area contributed by atoms with E-state index in [1.54, 1.807) is 0 Å². The van der Waals surface area contributed by atoms with E-state index in [4.69, 9.17) is 0 Å². The number of fused-ring (bicyclic) bond motifs is 2. The molecule has 0 aromatic rings. The molecule has 3 fully saturated rings. The van der Waals surface area contributed by atoms with Gasteiger partial charge in [0.1, 0.15) is 5.54 Å². The summed E-state index contributed by atoms with van der Waals surface area (Å²) in [5.74, 6) is -0.579. The first-order valence-corrected chi connectivity index (χ1v) is 6.84. The second-order valence-corrected chi connectivity index (χ2v) is 5.99. The van der Waals surface area contributed by atoms with Crippen molar-refractivity contribution in [3.8, 4) is 0 Å². The normalized spacial score (nSPS) is 43.1. The van der Waals surface area contributed by atoms with Crippen LogP contribution >= 0.6 is 0 Å². The fourth-order valence-electron chi connectivity index (χ4n) is 4.16. The second kappa shape index (κ2) is 3.95. The lowest BCUT2D eigenvalue weighted by Gasteiger charge is -2.47. The molecular weight excluding hydrogens is 216 g/mol. The molecule has 0 aromatic carbocycles. The summed E-state index contributed by atoms with van der Waals surface area (Å²) in [4.78, 5) is 16.5. The molecule has 0 amide bonds. The summed E-state index contributed by atoms with van der Waals surface area (Å²) in [6.07, 6.45) is 6.36. The quantitative estimate of drug-likeness (QED) is 0.784. The molecule has 0 spiro atoms. The SMILES string of the molecule is CN1C2CCC1CC(C(=O)O)(N1CCCC1)C2. The Balaban J connectivity index is 1.89. The van der Waals surface area contributed by atoms with E-state index in [0.717, 1.165) is 25.9 Å². The molecule has 4 nitrogen and oxygen atoms in total. The minimum absolute atomic E-state index is 0.491. The first-order chi connectivity index (χ1) is 8.13. The topological polar surface area (TPSA) is 43.8 Å². The average molecular weight is 238 g/mol. The Morgan fingerprint density at radius 1 is 1.18 bits per heavy atom. The zero-order valence-corrected chi connectivity index (χ0v) is 10.6. The summed E-state index contributed by atoms with van der Waals surface area (Å²) in [5, 5.41) is 9.74. The molecule has 0 saturated carbocycles. The van der Waals surface area contributed by atoms with Crippen LogP contribution in [-0.4, -0.2) is 58.6 Å². The third-order valence-corrected chi connectivity index (χ3v) is 5.24. The number of nitrogens with zero attached hydrogens (tertiary/aromatic N) is 2. The highest BCUT2D eigenvalue weighted by Gasteiger charge is 2.54. The molecule has 1 N–H and O–H groups in total. The molecule has 4 heteroatoms. The van der Waals surface area contributed by atoms with Crippen LogP contribution in [0.15, 0.2) is 0 Å². The summed E-state index contributed by atoms with van der Waals surface area (Å²) in [6, 6.07) is 0.982. The summed E-state index contributed by atoms with van der Waals surface area (Å²) < 4.78 is 0. The van der Waals surface area contributed by atoms with Crippen LogP contribution in [0.25, 0.3) is 0 Å². The van der Waals surface area contributed by atoms with Gasteiger partial charge in [0.05, 0.1) is 0 Å². The fraction of sp³-hybridized carbons (Fsp3) is 0.923. The van der Waals surface area contributed by atoms with Crippen LogP contribution < -0.4 is 0 Å².